The fourth-order valence-corrected chi connectivity index (χ4v) is 0.693. The number of carboxylic acids is 1. The van der Waals surface area contributed by atoms with Crippen molar-refractivity contribution in [3.8, 4) is 0 Å². The second kappa shape index (κ2) is 14.9. The Labute approximate surface area is 86.1 Å². The zero-order valence-electron chi connectivity index (χ0n) is 9.41. The van der Waals surface area contributed by atoms with E-state index in [0.29, 0.717) is 19.6 Å². The first-order chi connectivity index (χ1) is 6.68. The van der Waals surface area contributed by atoms with Crippen LogP contribution in [0.25, 0.3) is 0 Å². The van der Waals surface area contributed by atoms with E-state index in [1.807, 2.05) is 13.8 Å². The smallest absolute Gasteiger partial charge is 0.303 e. The average Bonchev–Trinajstić information content (AvgIpc) is 2.16. The fraction of sp³-hybridized carbons (Fsp3) is 0.900. The minimum atomic E-state index is -0.682. The van der Waals surface area contributed by atoms with Crippen LogP contribution in [-0.4, -0.2) is 24.3 Å². The van der Waals surface area contributed by atoms with Crippen LogP contribution in [0, 0.1) is 0 Å². The van der Waals surface area contributed by atoms with Crippen LogP contribution in [0.15, 0.2) is 0 Å². The maximum Gasteiger partial charge on any atom is 0.303 e. The van der Waals surface area contributed by atoms with Gasteiger partial charge in [0.15, 0.2) is 0 Å². The summed E-state index contributed by atoms with van der Waals surface area (Å²) in [6.07, 6.45) is 3.28. The molecule has 0 saturated carbocycles. The lowest BCUT2D eigenvalue weighted by atomic mass is 10.2. The van der Waals surface area contributed by atoms with Gasteiger partial charge >= 0.3 is 5.97 Å². The minimum Gasteiger partial charge on any atom is -0.481 e. The first kappa shape index (κ1) is 15.8. The molecule has 0 aromatic rings. The Morgan fingerprint density at radius 2 is 1.57 bits per heavy atom. The zero-order valence-corrected chi connectivity index (χ0v) is 9.41. The number of aliphatic carboxylic acids is 1. The summed E-state index contributed by atoms with van der Waals surface area (Å²) >= 11 is 0. The molecule has 0 saturated heterocycles. The summed E-state index contributed by atoms with van der Waals surface area (Å²) in [5.74, 6) is -0.682. The molecule has 0 fully saturated rings. The third-order valence-corrected chi connectivity index (χ3v) is 1.31. The molecule has 0 aliphatic heterocycles. The molecule has 4 nitrogen and oxygen atoms in total. The molecule has 0 amide bonds. The van der Waals surface area contributed by atoms with Crippen molar-refractivity contribution in [3.05, 3.63) is 0 Å². The lowest BCUT2D eigenvalue weighted by molar-refractivity contribution is -0.287. The van der Waals surface area contributed by atoms with Crippen molar-refractivity contribution in [2.45, 2.75) is 46.5 Å². The Bertz CT molecular complexity index is 111. The molecule has 0 aromatic carbocycles. The number of rotatable bonds is 7. The first-order valence-electron chi connectivity index (χ1n) is 5.15. The van der Waals surface area contributed by atoms with Crippen LogP contribution < -0.4 is 0 Å². The highest BCUT2D eigenvalue weighted by Gasteiger charge is 1.92. The SMILES string of the molecule is CCCCCC(=O)O.CCOOCC. The van der Waals surface area contributed by atoms with E-state index in [9.17, 15) is 4.79 Å². The monoisotopic (exact) mass is 206 g/mol. The van der Waals surface area contributed by atoms with Gasteiger partial charge in [0.25, 0.3) is 0 Å². The third kappa shape index (κ3) is 22.5. The molecule has 0 radical (unpaired) electrons. The molecular formula is C10H22O4. The lowest BCUT2D eigenvalue weighted by Gasteiger charge is -1.92. The van der Waals surface area contributed by atoms with Gasteiger partial charge in [-0.15, -0.1) is 0 Å². The van der Waals surface area contributed by atoms with Gasteiger partial charge in [-0.05, 0) is 20.3 Å². The van der Waals surface area contributed by atoms with E-state index in [1.54, 1.807) is 0 Å². The van der Waals surface area contributed by atoms with E-state index < -0.39 is 5.97 Å². The maximum atomic E-state index is 9.87. The summed E-state index contributed by atoms with van der Waals surface area (Å²) in [5, 5.41) is 8.14. The molecule has 86 valence electrons. The molecule has 4 heteroatoms. The normalized spacial score (nSPS) is 9.07. The Morgan fingerprint density at radius 1 is 1.07 bits per heavy atom. The first-order valence-corrected chi connectivity index (χ1v) is 5.15. The van der Waals surface area contributed by atoms with Crippen LogP contribution >= 0.6 is 0 Å². The van der Waals surface area contributed by atoms with Crippen molar-refractivity contribution in [3.63, 3.8) is 0 Å². The number of hydrogen-bond donors (Lipinski definition) is 1. The van der Waals surface area contributed by atoms with Gasteiger partial charge in [-0.1, -0.05) is 19.8 Å². The quantitative estimate of drug-likeness (QED) is 0.395. The van der Waals surface area contributed by atoms with E-state index in [0.717, 1.165) is 19.3 Å². The van der Waals surface area contributed by atoms with Gasteiger partial charge in [0.1, 0.15) is 0 Å². The summed E-state index contributed by atoms with van der Waals surface area (Å²) in [6.45, 7) is 7.09. The fourth-order valence-electron chi connectivity index (χ4n) is 0.693. The highest BCUT2D eigenvalue weighted by molar-refractivity contribution is 5.66. The van der Waals surface area contributed by atoms with Gasteiger partial charge < -0.3 is 5.11 Å². The van der Waals surface area contributed by atoms with Crippen LogP contribution in [0.3, 0.4) is 0 Å². The van der Waals surface area contributed by atoms with Gasteiger partial charge in [-0.25, -0.2) is 9.78 Å². The number of hydrogen-bond acceptors (Lipinski definition) is 3. The number of carbonyl (C=O) groups is 1. The summed E-state index contributed by atoms with van der Waals surface area (Å²) in [4.78, 5) is 18.8. The number of carboxylic acid groups (broad SMARTS) is 1. The van der Waals surface area contributed by atoms with Gasteiger partial charge in [0.05, 0.1) is 13.2 Å². The van der Waals surface area contributed by atoms with Crippen LogP contribution in [-0.2, 0) is 14.6 Å². The van der Waals surface area contributed by atoms with Gasteiger partial charge in [0, 0.05) is 6.42 Å². The zero-order chi connectivity index (χ0) is 11.2. The highest BCUT2D eigenvalue weighted by atomic mass is 17.2. The van der Waals surface area contributed by atoms with Crippen molar-refractivity contribution < 1.29 is 19.7 Å². The van der Waals surface area contributed by atoms with E-state index in [2.05, 4.69) is 16.7 Å². The predicted molar refractivity (Wildman–Crippen MR) is 55.0 cm³/mol. The van der Waals surface area contributed by atoms with E-state index in [4.69, 9.17) is 5.11 Å². The second-order valence-electron chi connectivity index (χ2n) is 2.66. The van der Waals surface area contributed by atoms with E-state index >= 15 is 0 Å². The molecule has 0 rings (SSSR count). The number of unbranched alkanes of at least 4 members (excludes halogenated alkanes) is 2. The summed E-state index contributed by atoms with van der Waals surface area (Å²) in [5.41, 5.74) is 0. The summed E-state index contributed by atoms with van der Waals surface area (Å²) in [7, 11) is 0. The Kier molecular flexibility index (Phi) is 16.9. The van der Waals surface area contributed by atoms with Crippen LogP contribution in [0.5, 0.6) is 0 Å². The summed E-state index contributed by atoms with van der Waals surface area (Å²) in [6, 6.07) is 0. The molecule has 0 aliphatic carbocycles. The molecule has 0 unspecified atom stereocenters. The van der Waals surface area contributed by atoms with Crippen LogP contribution in [0.1, 0.15) is 46.5 Å². The van der Waals surface area contributed by atoms with Crippen molar-refractivity contribution in [1.82, 2.24) is 0 Å². The summed E-state index contributed by atoms with van der Waals surface area (Å²) < 4.78 is 0. The molecule has 0 bridgehead atoms. The minimum absolute atomic E-state index is 0.327. The Morgan fingerprint density at radius 3 is 1.86 bits per heavy atom. The second-order valence-corrected chi connectivity index (χ2v) is 2.66. The van der Waals surface area contributed by atoms with Crippen LogP contribution in [0.4, 0.5) is 0 Å². The van der Waals surface area contributed by atoms with Gasteiger partial charge in [-0.3, -0.25) is 4.79 Å². The highest BCUT2D eigenvalue weighted by Crippen LogP contribution is 1.97. The predicted octanol–water partition coefficient (Wildman–Crippen LogP) is 2.63. The lowest BCUT2D eigenvalue weighted by Crippen LogP contribution is -1.92. The third-order valence-electron chi connectivity index (χ3n) is 1.31. The molecule has 0 atom stereocenters. The molecular weight excluding hydrogens is 184 g/mol. The molecule has 0 heterocycles. The van der Waals surface area contributed by atoms with Gasteiger partial charge in [0.2, 0.25) is 0 Å². The Hall–Kier alpha value is -0.610. The van der Waals surface area contributed by atoms with Crippen molar-refractivity contribution in [2.24, 2.45) is 0 Å². The average molecular weight is 206 g/mol. The van der Waals surface area contributed by atoms with Crippen molar-refractivity contribution in [1.29, 1.82) is 0 Å². The molecule has 1 N–H and O–H groups in total. The molecule has 0 aromatic heterocycles. The largest absolute Gasteiger partial charge is 0.481 e. The molecule has 14 heavy (non-hydrogen) atoms. The molecule has 0 aliphatic rings. The van der Waals surface area contributed by atoms with Gasteiger partial charge in [-0.2, -0.15) is 0 Å². The maximum absolute atomic E-state index is 9.87. The van der Waals surface area contributed by atoms with E-state index in [1.165, 1.54) is 0 Å². The Balaban J connectivity index is 0. The molecule has 0 spiro atoms. The standard InChI is InChI=1S/C6H12O2.C4H10O2/c1-2-3-4-5-6(7)8;1-3-5-6-4-2/h2-5H2,1H3,(H,7,8);3-4H2,1-2H3. The topological polar surface area (TPSA) is 55.8 Å². The van der Waals surface area contributed by atoms with E-state index in [-0.39, 0.29) is 0 Å². The van der Waals surface area contributed by atoms with Crippen LogP contribution in [0.2, 0.25) is 0 Å². The van der Waals surface area contributed by atoms with Crippen molar-refractivity contribution in [2.75, 3.05) is 13.2 Å². The van der Waals surface area contributed by atoms with Crippen molar-refractivity contribution >= 4 is 5.97 Å².